The molecule has 2 N–H and O–H groups in total. The van der Waals surface area contributed by atoms with Crippen molar-refractivity contribution in [3.05, 3.63) is 39.2 Å². The lowest BCUT2D eigenvalue weighted by Gasteiger charge is -1.83. The Morgan fingerprint density at radius 1 is 1.31 bits per heavy atom. The van der Waals surface area contributed by atoms with Crippen molar-refractivity contribution in [1.29, 1.82) is 0 Å². The van der Waals surface area contributed by atoms with Crippen LogP contribution in [-0.2, 0) is 0 Å². The third kappa shape index (κ3) is 1.29. The van der Waals surface area contributed by atoms with Crippen LogP contribution in [0.25, 0.3) is 21.1 Å². The highest BCUT2D eigenvalue weighted by molar-refractivity contribution is 7.21. The van der Waals surface area contributed by atoms with Gasteiger partial charge in [-0.1, -0.05) is 11.3 Å². The predicted molar refractivity (Wildman–Crippen MR) is 58.6 cm³/mol. The predicted octanol–water partition coefficient (Wildman–Crippen LogP) is 0.933. The van der Waals surface area contributed by atoms with E-state index in [0.717, 1.165) is 0 Å². The Hall–Kier alpha value is -2.15. The quantitative estimate of drug-likeness (QED) is 0.656. The first-order valence-electron chi connectivity index (χ1n) is 4.41. The van der Waals surface area contributed by atoms with Gasteiger partial charge in [-0.2, -0.15) is 0 Å². The van der Waals surface area contributed by atoms with Gasteiger partial charge >= 0.3 is 5.69 Å². The van der Waals surface area contributed by atoms with Crippen molar-refractivity contribution in [2.24, 2.45) is 0 Å². The smallest absolute Gasteiger partial charge is 0.326 e. The largest absolute Gasteiger partial charge is 0.462 e. The Bertz CT molecular complexity index is 750. The highest BCUT2D eigenvalue weighted by atomic mass is 32.1. The van der Waals surface area contributed by atoms with E-state index in [4.69, 9.17) is 4.42 Å². The van der Waals surface area contributed by atoms with Gasteiger partial charge in [0.05, 0.1) is 6.26 Å². The Balaban J connectivity index is 2.36. The van der Waals surface area contributed by atoms with Gasteiger partial charge in [-0.25, -0.2) is 9.78 Å². The molecule has 0 aliphatic carbocycles. The zero-order valence-corrected chi connectivity index (χ0v) is 8.63. The summed E-state index contributed by atoms with van der Waals surface area (Å²) in [5.74, 6) is 0.571. The summed E-state index contributed by atoms with van der Waals surface area (Å²) in [6.07, 6.45) is 1.52. The molecule has 0 spiro atoms. The first-order valence-corrected chi connectivity index (χ1v) is 5.23. The van der Waals surface area contributed by atoms with Gasteiger partial charge in [0.2, 0.25) is 0 Å². The molecule has 7 heteroatoms. The van der Waals surface area contributed by atoms with Crippen molar-refractivity contribution in [3.63, 3.8) is 0 Å². The number of H-pyrrole nitrogens is 2. The number of aromatic nitrogens is 3. The Morgan fingerprint density at radius 3 is 2.94 bits per heavy atom. The second-order valence-corrected chi connectivity index (χ2v) is 4.08. The molecule has 0 unspecified atom stereocenters. The molecule has 3 aromatic heterocycles. The van der Waals surface area contributed by atoms with Gasteiger partial charge in [0.1, 0.15) is 4.83 Å². The van der Waals surface area contributed by atoms with Crippen LogP contribution >= 0.6 is 11.3 Å². The zero-order valence-electron chi connectivity index (χ0n) is 7.81. The molecule has 0 saturated heterocycles. The summed E-state index contributed by atoms with van der Waals surface area (Å²) in [4.78, 5) is 31.7. The molecule has 0 amide bonds. The minimum absolute atomic E-state index is 0.219. The molecule has 0 atom stereocenters. The van der Waals surface area contributed by atoms with Crippen LogP contribution in [0, 0.1) is 0 Å². The van der Waals surface area contributed by atoms with Crippen molar-refractivity contribution in [1.82, 2.24) is 15.0 Å². The fourth-order valence-corrected chi connectivity index (χ4v) is 2.29. The monoisotopic (exact) mass is 235 g/mol. The van der Waals surface area contributed by atoms with Crippen molar-refractivity contribution in [3.8, 4) is 10.8 Å². The van der Waals surface area contributed by atoms with Crippen LogP contribution in [-0.4, -0.2) is 15.0 Å². The summed E-state index contributed by atoms with van der Waals surface area (Å²) >= 11 is 1.20. The van der Waals surface area contributed by atoms with Crippen molar-refractivity contribution >= 4 is 21.7 Å². The summed E-state index contributed by atoms with van der Waals surface area (Å²) in [6, 6.07) is 3.47. The number of thiazole rings is 1. The highest BCUT2D eigenvalue weighted by Gasteiger charge is 2.11. The molecule has 0 aromatic carbocycles. The van der Waals surface area contributed by atoms with Gasteiger partial charge in [-0.05, 0) is 12.1 Å². The Kier molecular flexibility index (Phi) is 1.80. The van der Waals surface area contributed by atoms with Gasteiger partial charge in [-0.3, -0.25) is 14.8 Å². The van der Waals surface area contributed by atoms with Gasteiger partial charge in [0.15, 0.2) is 16.3 Å². The number of hydrogen-bond acceptors (Lipinski definition) is 5. The van der Waals surface area contributed by atoms with Gasteiger partial charge in [0.25, 0.3) is 5.56 Å². The Labute approximate surface area is 91.6 Å². The molecule has 80 valence electrons. The van der Waals surface area contributed by atoms with Crippen LogP contribution in [0.3, 0.4) is 0 Å². The maximum atomic E-state index is 11.4. The van der Waals surface area contributed by atoms with E-state index in [1.165, 1.54) is 17.6 Å². The molecule has 0 aliphatic rings. The summed E-state index contributed by atoms with van der Waals surface area (Å²) < 4.78 is 5.16. The van der Waals surface area contributed by atoms with Gasteiger partial charge in [-0.15, -0.1) is 0 Å². The fourth-order valence-electron chi connectivity index (χ4n) is 1.36. The minimum Gasteiger partial charge on any atom is -0.462 e. The topological polar surface area (TPSA) is 91.8 Å². The normalized spacial score (nSPS) is 11.0. The SMILES string of the molecule is O=c1[nH]c(=O)c2nc(-c3ccco3)sc2[nH]1. The van der Waals surface area contributed by atoms with Crippen LogP contribution in [0.2, 0.25) is 0 Å². The molecule has 6 nitrogen and oxygen atoms in total. The average molecular weight is 235 g/mol. The summed E-state index contributed by atoms with van der Waals surface area (Å²) in [7, 11) is 0. The molecule has 0 saturated carbocycles. The van der Waals surface area contributed by atoms with E-state index in [0.29, 0.717) is 15.6 Å². The van der Waals surface area contributed by atoms with E-state index in [-0.39, 0.29) is 5.52 Å². The van der Waals surface area contributed by atoms with Gasteiger partial charge in [0, 0.05) is 0 Å². The van der Waals surface area contributed by atoms with Crippen molar-refractivity contribution in [2.75, 3.05) is 0 Å². The number of nitrogens with one attached hydrogen (secondary N) is 2. The van der Waals surface area contributed by atoms with E-state index in [2.05, 4.69) is 15.0 Å². The zero-order chi connectivity index (χ0) is 11.1. The van der Waals surface area contributed by atoms with E-state index in [1.807, 2.05) is 0 Å². The van der Waals surface area contributed by atoms with E-state index < -0.39 is 11.2 Å². The standard InChI is InChI=1S/C9H5N3O3S/c13-6-5-8(12-9(14)11-6)16-7(10-5)4-2-1-3-15-4/h1-3H,(H2,11,12,13,14). The van der Waals surface area contributed by atoms with Crippen LogP contribution in [0.1, 0.15) is 0 Å². The number of fused-ring (bicyclic) bond motifs is 1. The van der Waals surface area contributed by atoms with Crippen LogP contribution in [0.15, 0.2) is 32.4 Å². The molecule has 3 rings (SSSR count). The first-order chi connectivity index (χ1) is 7.74. The van der Waals surface area contributed by atoms with Crippen LogP contribution in [0.5, 0.6) is 0 Å². The number of rotatable bonds is 1. The first kappa shape index (κ1) is 9.10. The summed E-state index contributed by atoms with van der Waals surface area (Å²) in [5.41, 5.74) is -0.809. The minimum atomic E-state index is -0.535. The maximum Gasteiger partial charge on any atom is 0.326 e. The maximum absolute atomic E-state index is 11.4. The molecule has 0 radical (unpaired) electrons. The lowest BCUT2D eigenvalue weighted by molar-refractivity contribution is 0.582. The number of furan rings is 1. The third-order valence-electron chi connectivity index (χ3n) is 2.03. The molecule has 3 heterocycles. The lowest BCUT2D eigenvalue weighted by Crippen LogP contribution is -2.21. The van der Waals surface area contributed by atoms with Crippen molar-refractivity contribution < 1.29 is 4.42 Å². The van der Waals surface area contributed by atoms with E-state index in [9.17, 15) is 9.59 Å². The molecule has 0 bridgehead atoms. The van der Waals surface area contributed by atoms with Crippen molar-refractivity contribution in [2.45, 2.75) is 0 Å². The second-order valence-electron chi connectivity index (χ2n) is 3.08. The highest BCUT2D eigenvalue weighted by Crippen LogP contribution is 2.26. The van der Waals surface area contributed by atoms with E-state index >= 15 is 0 Å². The molecular formula is C9H5N3O3S. The summed E-state index contributed by atoms with van der Waals surface area (Å²) in [6.45, 7) is 0. The molecular weight excluding hydrogens is 230 g/mol. The second kappa shape index (κ2) is 3.17. The van der Waals surface area contributed by atoms with Crippen LogP contribution < -0.4 is 11.2 Å². The molecule has 3 aromatic rings. The fraction of sp³-hybridized carbons (Fsp3) is 0. The number of hydrogen-bond donors (Lipinski definition) is 2. The van der Waals surface area contributed by atoms with Gasteiger partial charge < -0.3 is 4.42 Å². The molecule has 0 fully saturated rings. The van der Waals surface area contributed by atoms with Crippen LogP contribution in [0.4, 0.5) is 0 Å². The molecule has 16 heavy (non-hydrogen) atoms. The molecule has 0 aliphatic heterocycles. The third-order valence-corrected chi connectivity index (χ3v) is 3.01. The van der Waals surface area contributed by atoms with E-state index in [1.54, 1.807) is 12.1 Å². The Morgan fingerprint density at radius 2 is 2.19 bits per heavy atom. The number of aromatic amines is 2. The lowest BCUT2D eigenvalue weighted by atomic mass is 10.5. The average Bonchev–Trinajstić information content (AvgIpc) is 2.82. The summed E-state index contributed by atoms with van der Waals surface area (Å²) in [5, 5.41) is 0.562. The number of nitrogens with zero attached hydrogens (tertiary/aromatic N) is 1.